The maximum atomic E-state index is 11.6. The first kappa shape index (κ1) is 12.1. The van der Waals surface area contributed by atoms with E-state index in [1.807, 2.05) is 0 Å². The Morgan fingerprint density at radius 3 is 2.83 bits per heavy atom. The number of aliphatic hydroxyl groups excluding tert-OH is 1. The number of amides is 2. The smallest absolute Gasteiger partial charge is 0.323 e. The van der Waals surface area contributed by atoms with Gasteiger partial charge in [0.05, 0.1) is 18.0 Å². The molecule has 0 spiro atoms. The van der Waals surface area contributed by atoms with Crippen LogP contribution in [0.15, 0.2) is 36.7 Å². The number of anilines is 2. The summed E-state index contributed by atoms with van der Waals surface area (Å²) in [5, 5.41) is 21.1. The van der Waals surface area contributed by atoms with Crippen LogP contribution >= 0.6 is 0 Å². The van der Waals surface area contributed by atoms with Gasteiger partial charge >= 0.3 is 6.03 Å². The number of carbonyl (C=O) groups is 1. The Bertz CT molecular complexity index is 523. The van der Waals surface area contributed by atoms with Crippen LogP contribution in [-0.2, 0) is 0 Å². The number of aromatic nitrogens is 2. The van der Waals surface area contributed by atoms with Crippen molar-refractivity contribution in [3.05, 3.63) is 42.2 Å². The molecule has 1 aromatic heterocycles. The van der Waals surface area contributed by atoms with E-state index in [1.165, 1.54) is 6.20 Å². The predicted octanol–water partition coefficient (Wildman–Crippen LogP) is 2.11. The average Bonchev–Trinajstić information content (AvgIpc) is 2.82. The molecule has 0 radical (unpaired) electrons. The lowest BCUT2D eigenvalue weighted by atomic mass is 10.1. The van der Waals surface area contributed by atoms with Gasteiger partial charge in [0, 0.05) is 11.9 Å². The largest absolute Gasteiger partial charge is 0.389 e. The van der Waals surface area contributed by atoms with Gasteiger partial charge in [0.15, 0.2) is 0 Å². The van der Waals surface area contributed by atoms with Crippen molar-refractivity contribution in [2.75, 3.05) is 10.6 Å². The van der Waals surface area contributed by atoms with E-state index in [-0.39, 0.29) is 6.03 Å². The van der Waals surface area contributed by atoms with Gasteiger partial charge in [0.1, 0.15) is 0 Å². The molecule has 6 heteroatoms. The second-order valence-corrected chi connectivity index (χ2v) is 3.87. The van der Waals surface area contributed by atoms with E-state index in [4.69, 9.17) is 0 Å². The summed E-state index contributed by atoms with van der Waals surface area (Å²) >= 11 is 0. The summed E-state index contributed by atoms with van der Waals surface area (Å²) in [7, 11) is 0. The lowest BCUT2D eigenvalue weighted by Crippen LogP contribution is -2.19. The van der Waals surface area contributed by atoms with E-state index >= 15 is 0 Å². The van der Waals surface area contributed by atoms with Crippen LogP contribution in [0.2, 0.25) is 0 Å². The number of rotatable bonds is 3. The van der Waals surface area contributed by atoms with Crippen molar-refractivity contribution in [3.63, 3.8) is 0 Å². The minimum Gasteiger partial charge on any atom is -0.389 e. The zero-order valence-corrected chi connectivity index (χ0v) is 9.84. The first-order valence-corrected chi connectivity index (χ1v) is 5.50. The summed E-state index contributed by atoms with van der Waals surface area (Å²) < 4.78 is 0. The summed E-state index contributed by atoms with van der Waals surface area (Å²) in [6, 6.07) is 6.68. The third-order valence-corrected chi connectivity index (χ3v) is 2.38. The number of nitrogens with zero attached hydrogens (tertiary/aromatic N) is 1. The number of aliphatic hydroxyl groups is 1. The van der Waals surface area contributed by atoms with Crippen LogP contribution in [0.5, 0.6) is 0 Å². The molecule has 0 aliphatic heterocycles. The van der Waals surface area contributed by atoms with Gasteiger partial charge in [-0.1, -0.05) is 12.1 Å². The van der Waals surface area contributed by atoms with Crippen molar-refractivity contribution >= 4 is 17.4 Å². The highest BCUT2D eigenvalue weighted by atomic mass is 16.3. The number of nitrogens with one attached hydrogen (secondary N) is 3. The van der Waals surface area contributed by atoms with Crippen molar-refractivity contribution in [1.82, 2.24) is 10.2 Å². The van der Waals surface area contributed by atoms with Gasteiger partial charge in [-0.15, -0.1) is 0 Å². The van der Waals surface area contributed by atoms with Crippen LogP contribution in [0.25, 0.3) is 0 Å². The maximum absolute atomic E-state index is 11.6. The molecular weight excluding hydrogens is 232 g/mol. The SMILES string of the molecule is CC(O)c1cccc(NC(=O)Nc2cn[nH]c2)c1. The number of benzene rings is 1. The molecule has 0 aliphatic carbocycles. The normalized spacial score (nSPS) is 11.9. The fourth-order valence-corrected chi connectivity index (χ4v) is 1.49. The molecule has 2 aromatic rings. The Morgan fingerprint density at radius 2 is 2.17 bits per heavy atom. The number of urea groups is 1. The van der Waals surface area contributed by atoms with Gasteiger partial charge in [-0.2, -0.15) is 5.10 Å². The van der Waals surface area contributed by atoms with Crippen LogP contribution in [0.1, 0.15) is 18.6 Å². The summed E-state index contributed by atoms with van der Waals surface area (Å²) in [5.41, 5.74) is 1.95. The molecule has 2 rings (SSSR count). The molecule has 0 fully saturated rings. The lowest BCUT2D eigenvalue weighted by molar-refractivity contribution is 0.199. The van der Waals surface area contributed by atoms with Crippen LogP contribution in [0.4, 0.5) is 16.2 Å². The highest BCUT2D eigenvalue weighted by Crippen LogP contribution is 2.17. The highest BCUT2D eigenvalue weighted by molar-refractivity contribution is 5.99. The Labute approximate surface area is 104 Å². The summed E-state index contributed by atoms with van der Waals surface area (Å²) in [4.78, 5) is 11.6. The molecule has 1 aromatic carbocycles. The second-order valence-electron chi connectivity index (χ2n) is 3.87. The molecule has 1 atom stereocenters. The van der Waals surface area contributed by atoms with Crippen molar-refractivity contribution in [3.8, 4) is 0 Å². The number of hydrogen-bond acceptors (Lipinski definition) is 3. The molecule has 0 aliphatic rings. The molecule has 6 nitrogen and oxygen atoms in total. The Morgan fingerprint density at radius 1 is 1.39 bits per heavy atom. The van der Waals surface area contributed by atoms with Crippen LogP contribution < -0.4 is 10.6 Å². The lowest BCUT2D eigenvalue weighted by Gasteiger charge is -2.09. The molecule has 18 heavy (non-hydrogen) atoms. The van der Waals surface area contributed by atoms with Gasteiger partial charge in [0.25, 0.3) is 0 Å². The fourth-order valence-electron chi connectivity index (χ4n) is 1.49. The summed E-state index contributed by atoms with van der Waals surface area (Å²) in [6.45, 7) is 1.67. The molecule has 0 bridgehead atoms. The first-order valence-electron chi connectivity index (χ1n) is 5.50. The minimum absolute atomic E-state index is 0.362. The Hall–Kier alpha value is -2.34. The zero-order chi connectivity index (χ0) is 13.0. The van der Waals surface area contributed by atoms with Crippen LogP contribution in [0, 0.1) is 0 Å². The van der Waals surface area contributed by atoms with Crippen LogP contribution in [-0.4, -0.2) is 21.3 Å². The molecule has 0 saturated heterocycles. The number of carbonyl (C=O) groups excluding carboxylic acids is 1. The van der Waals surface area contributed by atoms with E-state index in [0.717, 1.165) is 5.56 Å². The van der Waals surface area contributed by atoms with E-state index in [0.29, 0.717) is 11.4 Å². The number of H-pyrrole nitrogens is 1. The van der Waals surface area contributed by atoms with Gasteiger partial charge in [-0.3, -0.25) is 5.10 Å². The fraction of sp³-hybridized carbons (Fsp3) is 0.167. The molecule has 0 saturated carbocycles. The van der Waals surface area contributed by atoms with Crippen molar-refractivity contribution in [1.29, 1.82) is 0 Å². The summed E-state index contributed by atoms with van der Waals surface area (Å²) in [5.74, 6) is 0. The van der Waals surface area contributed by atoms with Gasteiger partial charge in [0.2, 0.25) is 0 Å². The predicted molar refractivity (Wildman–Crippen MR) is 68.3 cm³/mol. The summed E-state index contributed by atoms with van der Waals surface area (Å²) in [6.07, 6.45) is 2.51. The maximum Gasteiger partial charge on any atom is 0.323 e. The van der Waals surface area contributed by atoms with Gasteiger partial charge in [-0.05, 0) is 24.6 Å². The Kier molecular flexibility index (Phi) is 3.59. The van der Waals surface area contributed by atoms with E-state index < -0.39 is 6.10 Å². The van der Waals surface area contributed by atoms with Crippen molar-refractivity contribution in [2.45, 2.75) is 13.0 Å². The minimum atomic E-state index is -0.566. The molecule has 1 unspecified atom stereocenters. The molecule has 4 N–H and O–H groups in total. The third-order valence-electron chi connectivity index (χ3n) is 2.38. The van der Waals surface area contributed by atoms with Gasteiger partial charge in [-0.25, -0.2) is 4.79 Å². The highest BCUT2D eigenvalue weighted by Gasteiger charge is 2.05. The number of aromatic amines is 1. The first-order chi connectivity index (χ1) is 8.65. The van der Waals surface area contributed by atoms with Crippen LogP contribution in [0.3, 0.4) is 0 Å². The second kappa shape index (κ2) is 5.33. The molecule has 94 valence electrons. The standard InChI is InChI=1S/C12H14N4O2/c1-8(17)9-3-2-4-10(5-9)15-12(18)16-11-6-13-14-7-11/h2-8,17H,1H3,(H,13,14)(H2,15,16,18). The average molecular weight is 246 g/mol. The Balaban J connectivity index is 2.00. The van der Waals surface area contributed by atoms with Gasteiger partial charge < -0.3 is 15.7 Å². The van der Waals surface area contributed by atoms with Crippen molar-refractivity contribution in [2.24, 2.45) is 0 Å². The molecular formula is C12H14N4O2. The number of hydrogen-bond donors (Lipinski definition) is 4. The topological polar surface area (TPSA) is 90.0 Å². The van der Waals surface area contributed by atoms with E-state index in [2.05, 4.69) is 20.8 Å². The van der Waals surface area contributed by atoms with Crippen molar-refractivity contribution < 1.29 is 9.90 Å². The monoisotopic (exact) mass is 246 g/mol. The molecule has 1 heterocycles. The van der Waals surface area contributed by atoms with E-state index in [9.17, 15) is 9.90 Å². The quantitative estimate of drug-likeness (QED) is 0.668. The zero-order valence-electron chi connectivity index (χ0n) is 9.84. The third kappa shape index (κ3) is 3.08. The van der Waals surface area contributed by atoms with E-state index in [1.54, 1.807) is 37.4 Å². The molecule has 2 amide bonds.